The van der Waals surface area contributed by atoms with Crippen LogP contribution in [-0.2, 0) is 14.4 Å². The van der Waals surface area contributed by atoms with E-state index in [0.717, 1.165) is 0 Å². The molecule has 0 aromatic carbocycles. The van der Waals surface area contributed by atoms with Crippen LogP contribution in [0.4, 0.5) is 0 Å². The number of aliphatic carboxylic acids is 2. The lowest BCUT2D eigenvalue weighted by Gasteiger charge is -2.18. The van der Waals surface area contributed by atoms with Gasteiger partial charge in [0.2, 0.25) is 5.91 Å². The summed E-state index contributed by atoms with van der Waals surface area (Å²) in [4.78, 5) is 32.0. The van der Waals surface area contributed by atoms with Crippen molar-refractivity contribution in [3.05, 3.63) is 0 Å². The van der Waals surface area contributed by atoms with Gasteiger partial charge in [-0.15, -0.1) is 0 Å². The summed E-state index contributed by atoms with van der Waals surface area (Å²) in [5.74, 6) is -3.23. The van der Waals surface area contributed by atoms with Crippen molar-refractivity contribution in [2.75, 3.05) is 0 Å². The van der Waals surface area contributed by atoms with Gasteiger partial charge >= 0.3 is 0 Å². The first-order valence-electron chi connectivity index (χ1n) is 4.92. The first-order chi connectivity index (χ1) is 7.38. The van der Waals surface area contributed by atoms with E-state index >= 15 is 0 Å². The molecule has 0 aromatic rings. The van der Waals surface area contributed by atoms with Crippen molar-refractivity contribution < 1.29 is 30.3 Å². The molecule has 7 heteroatoms. The average Bonchev–Trinajstić information content (AvgIpc) is 2.21. The van der Waals surface area contributed by atoms with E-state index in [1.54, 1.807) is 6.92 Å². The van der Waals surface area contributed by atoms with Crippen LogP contribution in [0.5, 0.6) is 0 Å². The Hall–Kier alpha value is -1.63. The molecule has 92 valence electrons. The molecule has 16 heavy (non-hydrogen) atoms. The number of hydrogen-bond donors (Lipinski definition) is 2. The van der Waals surface area contributed by atoms with Gasteiger partial charge in [-0.3, -0.25) is 4.79 Å². The van der Waals surface area contributed by atoms with Gasteiger partial charge in [-0.2, -0.15) is 0 Å². The molecule has 7 nitrogen and oxygen atoms in total. The van der Waals surface area contributed by atoms with Crippen LogP contribution >= 0.6 is 0 Å². The standard InChI is InChI=1S/C9H16N2O5/c1-2-6(9(15)16)11-7(12)4-3-5(10)8(13)14/h5-6H,2-4,10H2,1H3,(H,11,12)(H,13,14)(H,15,16)/p-1/t5-,6-/m0/s1. The normalized spacial score (nSPS) is 13.9. The molecule has 0 radical (unpaired) electrons. The average molecular weight is 231 g/mol. The smallest absolute Gasteiger partial charge is 0.220 e. The van der Waals surface area contributed by atoms with Gasteiger partial charge in [0.25, 0.3) is 0 Å². The Balaban J connectivity index is 3.99. The second kappa shape index (κ2) is 6.78. The summed E-state index contributed by atoms with van der Waals surface area (Å²) in [6.45, 7) is 1.59. The van der Waals surface area contributed by atoms with Crippen molar-refractivity contribution in [3.63, 3.8) is 0 Å². The summed E-state index contributed by atoms with van der Waals surface area (Å²) in [6.07, 6.45) is 0.117. The van der Waals surface area contributed by atoms with E-state index in [-0.39, 0.29) is 19.3 Å². The van der Waals surface area contributed by atoms with Gasteiger partial charge < -0.3 is 30.9 Å². The fraction of sp³-hybridized carbons (Fsp3) is 0.667. The van der Waals surface area contributed by atoms with Gasteiger partial charge in [0, 0.05) is 12.8 Å². The zero-order valence-electron chi connectivity index (χ0n) is 9.02. The largest absolute Gasteiger partial charge is 0.548 e. The molecule has 0 unspecified atom stereocenters. The topological polar surface area (TPSA) is 137 Å². The second-order valence-electron chi connectivity index (χ2n) is 3.40. The molecule has 0 aliphatic heterocycles. The Morgan fingerprint density at radius 2 is 1.81 bits per heavy atom. The maximum Gasteiger partial charge on any atom is 0.220 e. The number of amides is 1. The van der Waals surface area contributed by atoms with Gasteiger partial charge in [-0.25, -0.2) is 0 Å². The molecule has 0 aromatic heterocycles. The summed E-state index contributed by atoms with van der Waals surface area (Å²) < 4.78 is 0. The molecule has 0 fully saturated rings. The maximum atomic E-state index is 11.2. The predicted molar refractivity (Wildman–Crippen MR) is 48.1 cm³/mol. The third-order valence-corrected chi connectivity index (χ3v) is 2.08. The Morgan fingerprint density at radius 3 is 2.19 bits per heavy atom. The summed E-state index contributed by atoms with van der Waals surface area (Å²) in [6, 6.07) is -2.02. The maximum absolute atomic E-state index is 11.2. The van der Waals surface area contributed by atoms with Crippen molar-refractivity contribution >= 4 is 17.8 Å². The fourth-order valence-electron chi connectivity index (χ4n) is 1.02. The minimum atomic E-state index is -1.36. The SMILES string of the molecule is CC[C@H](NC(=O)CC[C@H]([NH3+])C(=O)[O-])C(=O)[O-]. The Labute approximate surface area is 92.6 Å². The molecule has 4 N–H and O–H groups in total. The third kappa shape index (κ3) is 5.30. The van der Waals surface area contributed by atoms with E-state index < -0.39 is 29.9 Å². The summed E-state index contributed by atoms with van der Waals surface area (Å²) in [7, 11) is 0. The molecular weight excluding hydrogens is 216 g/mol. The van der Waals surface area contributed by atoms with Crippen LogP contribution in [0.1, 0.15) is 26.2 Å². The number of carboxylic acid groups (broad SMARTS) is 2. The number of hydrogen-bond acceptors (Lipinski definition) is 5. The first-order valence-corrected chi connectivity index (χ1v) is 4.92. The molecule has 2 atom stereocenters. The number of carbonyl (C=O) groups is 3. The number of quaternary nitrogens is 1. The molecule has 0 aliphatic rings. The van der Waals surface area contributed by atoms with Crippen LogP contribution in [-0.4, -0.2) is 29.9 Å². The van der Waals surface area contributed by atoms with Crippen LogP contribution in [0.25, 0.3) is 0 Å². The minimum absolute atomic E-state index is 0.0116. The number of rotatable bonds is 7. The summed E-state index contributed by atoms with van der Waals surface area (Å²) >= 11 is 0. The van der Waals surface area contributed by atoms with E-state index in [0.29, 0.717) is 0 Å². The second-order valence-corrected chi connectivity index (χ2v) is 3.40. The van der Waals surface area contributed by atoms with E-state index in [1.807, 2.05) is 0 Å². The van der Waals surface area contributed by atoms with Gasteiger partial charge in [0.15, 0.2) is 0 Å². The van der Waals surface area contributed by atoms with Gasteiger partial charge in [0.05, 0.1) is 18.0 Å². The number of carboxylic acids is 2. The van der Waals surface area contributed by atoms with Crippen LogP contribution in [0.15, 0.2) is 0 Å². The molecule has 0 rings (SSSR count). The molecule has 0 spiro atoms. The van der Waals surface area contributed by atoms with Crippen LogP contribution in [0, 0.1) is 0 Å². The Kier molecular flexibility index (Phi) is 6.09. The lowest BCUT2D eigenvalue weighted by atomic mass is 10.1. The predicted octanol–water partition coefficient (Wildman–Crippen LogP) is -4.23. The summed E-state index contributed by atoms with van der Waals surface area (Å²) in [5.41, 5.74) is 3.27. The van der Waals surface area contributed by atoms with E-state index in [9.17, 15) is 24.6 Å². The van der Waals surface area contributed by atoms with Crippen LogP contribution in [0.2, 0.25) is 0 Å². The fourth-order valence-corrected chi connectivity index (χ4v) is 1.02. The zero-order chi connectivity index (χ0) is 12.7. The van der Waals surface area contributed by atoms with Crippen molar-refractivity contribution in [3.8, 4) is 0 Å². The molecule has 0 bridgehead atoms. The van der Waals surface area contributed by atoms with Crippen LogP contribution < -0.4 is 21.3 Å². The number of carbonyl (C=O) groups excluding carboxylic acids is 3. The third-order valence-electron chi connectivity index (χ3n) is 2.08. The molecule has 0 saturated heterocycles. The number of nitrogens with one attached hydrogen (secondary N) is 1. The van der Waals surface area contributed by atoms with E-state index in [1.165, 1.54) is 0 Å². The van der Waals surface area contributed by atoms with E-state index in [4.69, 9.17) is 0 Å². The van der Waals surface area contributed by atoms with Crippen molar-refractivity contribution in [1.82, 2.24) is 5.32 Å². The quantitative estimate of drug-likeness (QED) is 0.457. The first kappa shape index (κ1) is 14.4. The van der Waals surface area contributed by atoms with E-state index in [2.05, 4.69) is 11.1 Å². The lowest BCUT2D eigenvalue weighted by Crippen LogP contribution is -2.68. The molecule has 0 saturated carbocycles. The minimum Gasteiger partial charge on any atom is -0.548 e. The highest BCUT2D eigenvalue weighted by atomic mass is 16.4. The molecule has 0 heterocycles. The Morgan fingerprint density at radius 1 is 1.25 bits per heavy atom. The highest BCUT2D eigenvalue weighted by Gasteiger charge is 2.14. The highest BCUT2D eigenvalue weighted by Crippen LogP contribution is 1.95. The molecule has 0 aliphatic carbocycles. The van der Waals surface area contributed by atoms with Gasteiger partial charge in [0.1, 0.15) is 6.04 Å². The molecular formula is C9H15N2O5-. The monoisotopic (exact) mass is 231 g/mol. The van der Waals surface area contributed by atoms with Crippen LogP contribution in [0.3, 0.4) is 0 Å². The van der Waals surface area contributed by atoms with Gasteiger partial charge in [-0.1, -0.05) is 6.92 Å². The van der Waals surface area contributed by atoms with Gasteiger partial charge in [-0.05, 0) is 6.42 Å². The van der Waals surface area contributed by atoms with Crippen molar-refractivity contribution in [1.29, 1.82) is 0 Å². The lowest BCUT2D eigenvalue weighted by molar-refractivity contribution is -0.438. The van der Waals surface area contributed by atoms with Crippen molar-refractivity contribution in [2.24, 2.45) is 0 Å². The zero-order valence-corrected chi connectivity index (χ0v) is 9.02. The molecule has 1 amide bonds. The van der Waals surface area contributed by atoms with Crippen molar-refractivity contribution in [2.45, 2.75) is 38.3 Å². The highest BCUT2D eigenvalue weighted by molar-refractivity contribution is 5.83. The Bertz CT molecular complexity index is 279. The summed E-state index contributed by atoms with van der Waals surface area (Å²) in [5, 5.41) is 23.0.